The summed E-state index contributed by atoms with van der Waals surface area (Å²) in [5.74, 6) is -0.0946. The number of nitrogens with one attached hydrogen (secondary N) is 1. The number of hydrogen-bond acceptors (Lipinski definition) is 1. The molecule has 1 aromatic carbocycles. The van der Waals surface area contributed by atoms with E-state index < -0.39 is 0 Å². The molecular weight excluding hydrogens is 305 g/mol. The van der Waals surface area contributed by atoms with Gasteiger partial charge in [-0.3, -0.25) is 0 Å². The van der Waals surface area contributed by atoms with Crippen LogP contribution in [0.4, 0.5) is 4.39 Å². The first-order valence-corrected chi connectivity index (χ1v) is 7.96. The zero-order chi connectivity index (χ0) is 13.9. The van der Waals surface area contributed by atoms with E-state index in [1.54, 1.807) is 12.1 Å². The molecule has 0 radical (unpaired) electrons. The summed E-state index contributed by atoms with van der Waals surface area (Å²) in [5.41, 5.74) is 1.10. The van der Waals surface area contributed by atoms with Crippen LogP contribution in [0.3, 0.4) is 0 Å². The van der Waals surface area contributed by atoms with Crippen molar-refractivity contribution < 1.29 is 4.39 Å². The fourth-order valence-electron chi connectivity index (χ4n) is 3.32. The molecule has 0 bridgehead atoms. The second-order valence-electron chi connectivity index (χ2n) is 6.00. The molecule has 1 unspecified atom stereocenters. The van der Waals surface area contributed by atoms with Crippen molar-refractivity contribution in [3.05, 3.63) is 34.1 Å². The third-order valence-corrected chi connectivity index (χ3v) is 5.11. The summed E-state index contributed by atoms with van der Waals surface area (Å²) in [5, 5.41) is 3.43. The summed E-state index contributed by atoms with van der Waals surface area (Å²) in [6.45, 7) is 2.35. The van der Waals surface area contributed by atoms with Crippen molar-refractivity contribution >= 4 is 15.9 Å². The first-order valence-electron chi connectivity index (χ1n) is 7.16. The fraction of sp³-hybridized carbons (Fsp3) is 0.625. The number of halogens is 2. The van der Waals surface area contributed by atoms with Gasteiger partial charge in [-0.2, -0.15) is 0 Å². The molecule has 106 valence electrons. The van der Waals surface area contributed by atoms with Gasteiger partial charge in [0.2, 0.25) is 0 Å². The molecule has 1 nitrogen and oxygen atoms in total. The molecule has 1 aromatic rings. The molecule has 0 amide bonds. The van der Waals surface area contributed by atoms with Crippen molar-refractivity contribution in [2.75, 3.05) is 7.05 Å². The molecule has 1 aliphatic carbocycles. The lowest BCUT2D eigenvalue weighted by atomic mass is 9.69. The average Bonchev–Trinajstić information content (AvgIpc) is 2.40. The highest BCUT2D eigenvalue weighted by molar-refractivity contribution is 9.10. The van der Waals surface area contributed by atoms with E-state index in [0.29, 0.717) is 11.5 Å². The maximum absolute atomic E-state index is 13.9. The standard InChI is InChI=1S/C16H23BrFN/c1-16(8-4-3-5-9-16)15(19-2)11-12-10-13(17)6-7-14(12)18/h6-7,10,15,19H,3-5,8-9,11H2,1-2H3. The summed E-state index contributed by atoms with van der Waals surface area (Å²) in [6.07, 6.45) is 7.20. The minimum atomic E-state index is -0.0946. The van der Waals surface area contributed by atoms with Crippen molar-refractivity contribution in [3.8, 4) is 0 Å². The summed E-state index contributed by atoms with van der Waals surface area (Å²) in [7, 11) is 2.00. The highest BCUT2D eigenvalue weighted by atomic mass is 79.9. The van der Waals surface area contributed by atoms with Crippen LogP contribution < -0.4 is 5.32 Å². The molecule has 2 rings (SSSR count). The largest absolute Gasteiger partial charge is 0.316 e. The van der Waals surface area contributed by atoms with E-state index in [9.17, 15) is 4.39 Å². The molecule has 3 heteroatoms. The van der Waals surface area contributed by atoms with Crippen molar-refractivity contribution in [2.24, 2.45) is 5.41 Å². The summed E-state index contributed by atoms with van der Waals surface area (Å²) in [4.78, 5) is 0. The maximum Gasteiger partial charge on any atom is 0.126 e. The van der Waals surface area contributed by atoms with Gasteiger partial charge in [-0.05, 0) is 55.5 Å². The van der Waals surface area contributed by atoms with Gasteiger partial charge >= 0.3 is 0 Å². The van der Waals surface area contributed by atoms with Crippen LogP contribution in [-0.2, 0) is 6.42 Å². The molecule has 0 aliphatic heterocycles. The lowest BCUT2D eigenvalue weighted by Crippen LogP contribution is -2.44. The Morgan fingerprint density at radius 1 is 1.32 bits per heavy atom. The molecule has 1 aliphatic rings. The van der Waals surface area contributed by atoms with Gasteiger partial charge in [-0.25, -0.2) is 4.39 Å². The van der Waals surface area contributed by atoms with Crippen LogP contribution in [0.25, 0.3) is 0 Å². The first kappa shape index (κ1) is 15.0. The Labute approximate surface area is 124 Å². The van der Waals surface area contributed by atoms with E-state index in [2.05, 4.69) is 28.2 Å². The van der Waals surface area contributed by atoms with Gasteiger partial charge in [0, 0.05) is 10.5 Å². The molecule has 19 heavy (non-hydrogen) atoms. The third-order valence-electron chi connectivity index (χ3n) is 4.62. The highest BCUT2D eigenvalue weighted by Crippen LogP contribution is 2.40. The van der Waals surface area contributed by atoms with Crippen LogP contribution in [0.15, 0.2) is 22.7 Å². The van der Waals surface area contributed by atoms with E-state index in [4.69, 9.17) is 0 Å². The Morgan fingerprint density at radius 2 is 2.00 bits per heavy atom. The van der Waals surface area contributed by atoms with Gasteiger partial charge in [0.05, 0.1) is 0 Å². The lowest BCUT2D eigenvalue weighted by Gasteiger charge is -2.41. The smallest absolute Gasteiger partial charge is 0.126 e. The van der Waals surface area contributed by atoms with Gasteiger partial charge in [-0.1, -0.05) is 42.1 Å². The molecule has 1 fully saturated rings. The average molecular weight is 328 g/mol. The fourth-order valence-corrected chi connectivity index (χ4v) is 3.73. The van der Waals surface area contributed by atoms with Crippen LogP contribution in [0, 0.1) is 11.2 Å². The number of rotatable bonds is 4. The van der Waals surface area contributed by atoms with E-state index in [-0.39, 0.29) is 5.82 Å². The van der Waals surface area contributed by atoms with Gasteiger partial charge in [0.1, 0.15) is 5.82 Å². The maximum atomic E-state index is 13.9. The zero-order valence-corrected chi connectivity index (χ0v) is 13.4. The monoisotopic (exact) mass is 327 g/mol. The number of benzene rings is 1. The quantitative estimate of drug-likeness (QED) is 0.845. The second-order valence-corrected chi connectivity index (χ2v) is 6.91. The molecule has 0 spiro atoms. The predicted octanol–water partition coefficient (Wildman–Crippen LogP) is 4.69. The van der Waals surface area contributed by atoms with Gasteiger partial charge < -0.3 is 5.32 Å². The third kappa shape index (κ3) is 3.57. The zero-order valence-electron chi connectivity index (χ0n) is 11.8. The van der Waals surface area contributed by atoms with Crippen LogP contribution in [0.5, 0.6) is 0 Å². The molecule has 1 N–H and O–H groups in total. The van der Waals surface area contributed by atoms with E-state index in [1.807, 2.05) is 13.1 Å². The van der Waals surface area contributed by atoms with Crippen molar-refractivity contribution in [3.63, 3.8) is 0 Å². The van der Waals surface area contributed by atoms with Gasteiger partial charge in [0.25, 0.3) is 0 Å². The molecule has 1 atom stereocenters. The molecule has 0 heterocycles. The van der Waals surface area contributed by atoms with E-state index in [1.165, 1.54) is 32.1 Å². The minimum Gasteiger partial charge on any atom is -0.316 e. The minimum absolute atomic E-state index is 0.0946. The first-order chi connectivity index (χ1) is 9.05. The lowest BCUT2D eigenvalue weighted by molar-refractivity contribution is 0.148. The van der Waals surface area contributed by atoms with E-state index >= 15 is 0 Å². The Bertz CT molecular complexity index is 427. The molecule has 0 saturated heterocycles. The molecule has 0 aromatic heterocycles. The SMILES string of the molecule is CNC(Cc1cc(Br)ccc1F)C1(C)CCCCC1. The molecule has 1 saturated carbocycles. The summed E-state index contributed by atoms with van der Waals surface area (Å²) >= 11 is 3.43. The van der Waals surface area contributed by atoms with Crippen LogP contribution in [-0.4, -0.2) is 13.1 Å². The van der Waals surface area contributed by atoms with Crippen molar-refractivity contribution in [1.82, 2.24) is 5.32 Å². The van der Waals surface area contributed by atoms with Crippen LogP contribution in [0.1, 0.15) is 44.6 Å². The Balaban J connectivity index is 2.16. The summed E-state index contributed by atoms with van der Waals surface area (Å²) in [6, 6.07) is 5.56. The second kappa shape index (κ2) is 6.36. The van der Waals surface area contributed by atoms with Crippen LogP contribution in [0.2, 0.25) is 0 Å². The van der Waals surface area contributed by atoms with Gasteiger partial charge in [-0.15, -0.1) is 0 Å². The topological polar surface area (TPSA) is 12.0 Å². The Morgan fingerprint density at radius 3 is 2.63 bits per heavy atom. The Kier molecular flexibility index (Phi) is 5.02. The number of hydrogen-bond donors (Lipinski definition) is 1. The number of likely N-dealkylation sites (N-methyl/N-ethyl adjacent to an activating group) is 1. The Hall–Kier alpha value is -0.410. The van der Waals surface area contributed by atoms with Gasteiger partial charge in [0.15, 0.2) is 0 Å². The van der Waals surface area contributed by atoms with Crippen molar-refractivity contribution in [2.45, 2.75) is 51.5 Å². The van der Waals surface area contributed by atoms with Crippen molar-refractivity contribution in [1.29, 1.82) is 0 Å². The van der Waals surface area contributed by atoms with Crippen LogP contribution >= 0.6 is 15.9 Å². The molecular formula is C16H23BrFN. The highest BCUT2D eigenvalue weighted by Gasteiger charge is 2.34. The summed E-state index contributed by atoms with van der Waals surface area (Å²) < 4.78 is 14.9. The predicted molar refractivity (Wildman–Crippen MR) is 81.8 cm³/mol. The normalized spacial score (nSPS) is 20.2. The van der Waals surface area contributed by atoms with E-state index in [0.717, 1.165) is 16.5 Å².